The van der Waals surface area contributed by atoms with Gasteiger partial charge in [0, 0.05) is 18.7 Å². The van der Waals surface area contributed by atoms with Crippen LogP contribution < -0.4 is 5.32 Å². The van der Waals surface area contributed by atoms with Crippen molar-refractivity contribution in [3.05, 3.63) is 33.4 Å². The molecule has 0 spiro atoms. The van der Waals surface area contributed by atoms with Gasteiger partial charge in [-0.3, -0.25) is 4.79 Å². The van der Waals surface area contributed by atoms with E-state index < -0.39 is 0 Å². The number of hydrogen-bond donors (Lipinski definition) is 2. The fourth-order valence-electron chi connectivity index (χ4n) is 2.67. The number of rotatable bonds is 6. The second kappa shape index (κ2) is 7.60. The minimum Gasteiger partial charge on any atom is -0.396 e. The molecule has 1 atom stereocenters. The van der Waals surface area contributed by atoms with Crippen molar-refractivity contribution >= 4 is 5.91 Å². The SMILES string of the molecule is Cc1c(C)c(C)c(C(=O)NCCCC(C)CO)c(C)c1C. The molecule has 0 aromatic heterocycles. The summed E-state index contributed by atoms with van der Waals surface area (Å²) < 4.78 is 0. The Morgan fingerprint density at radius 1 is 1.00 bits per heavy atom. The maximum absolute atomic E-state index is 12.5. The maximum atomic E-state index is 12.5. The molecule has 118 valence electrons. The maximum Gasteiger partial charge on any atom is 0.251 e. The zero-order valence-corrected chi connectivity index (χ0v) is 14.3. The van der Waals surface area contributed by atoms with Crippen molar-refractivity contribution in [2.45, 2.75) is 54.4 Å². The average Bonchev–Trinajstić information content (AvgIpc) is 2.47. The molecule has 0 fully saturated rings. The predicted molar refractivity (Wildman–Crippen MR) is 87.9 cm³/mol. The Morgan fingerprint density at radius 3 is 1.95 bits per heavy atom. The van der Waals surface area contributed by atoms with Gasteiger partial charge in [0.1, 0.15) is 0 Å². The lowest BCUT2D eigenvalue weighted by Crippen LogP contribution is -2.27. The van der Waals surface area contributed by atoms with Crippen LogP contribution >= 0.6 is 0 Å². The van der Waals surface area contributed by atoms with E-state index in [1.54, 1.807) is 0 Å². The van der Waals surface area contributed by atoms with Gasteiger partial charge < -0.3 is 10.4 Å². The zero-order chi connectivity index (χ0) is 16.2. The molecule has 2 N–H and O–H groups in total. The van der Waals surface area contributed by atoms with E-state index in [1.165, 1.54) is 16.7 Å². The Bertz CT molecular complexity index is 491. The topological polar surface area (TPSA) is 49.3 Å². The van der Waals surface area contributed by atoms with E-state index in [2.05, 4.69) is 26.1 Å². The number of carbonyl (C=O) groups excluding carboxylic acids is 1. The van der Waals surface area contributed by atoms with Crippen LogP contribution in [0.3, 0.4) is 0 Å². The molecule has 0 aliphatic carbocycles. The second-order valence-corrected chi connectivity index (χ2v) is 6.19. The number of aliphatic hydroxyl groups excluding tert-OH is 1. The third kappa shape index (κ3) is 4.07. The van der Waals surface area contributed by atoms with E-state index in [0.29, 0.717) is 12.5 Å². The Labute approximate surface area is 128 Å². The summed E-state index contributed by atoms with van der Waals surface area (Å²) in [5, 5.41) is 12.0. The van der Waals surface area contributed by atoms with Crippen molar-refractivity contribution in [2.24, 2.45) is 5.92 Å². The van der Waals surface area contributed by atoms with Crippen LogP contribution in [0.2, 0.25) is 0 Å². The lowest BCUT2D eigenvalue weighted by atomic mass is 9.89. The quantitative estimate of drug-likeness (QED) is 0.790. The molecule has 0 saturated carbocycles. The standard InChI is InChI=1S/C18H29NO2/c1-11(10-20)8-7-9-19-18(21)17-15(5)13(3)12(2)14(4)16(17)6/h11,20H,7-10H2,1-6H3,(H,19,21). The van der Waals surface area contributed by atoms with Crippen LogP contribution in [0, 0.1) is 40.5 Å². The highest BCUT2D eigenvalue weighted by Crippen LogP contribution is 2.25. The van der Waals surface area contributed by atoms with Crippen LogP contribution in [0.25, 0.3) is 0 Å². The number of amides is 1. The first-order valence-corrected chi connectivity index (χ1v) is 7.77. The molecular formula is C18H29NO2. The van der Waals surface area contributed by atoms with Gasteiger partial charge in [-0.1, -0.05) is 6.92 Å². The summed E-state index contributed by atoms with van der Waals surface area (Å²) >= 11 is 0. The predicted octanol–water partition coefficient (Wildman–Crippen LogP) is 3.37. The first-order chi connectivity index (χ1) is 9.81. The van der Waals surface area contributed by atoms with Gasteiger partial charge in [0.05, 0.1) is 0 Å². The van der Waals surface area contributed by atoms with Crippen molar-refractivity contribution in [1.82, 2.24) is 5.32 Å². The van der Waals surface area contributed by atoms with Crippen LogP contribution in [0.4, 0.5) is 0 Å². The van der Waals surface area contributed by atoms with E-state index >= 15 is 0 Å². The monoisotopic (exact) mass is 291 g/mol. The summed E-state index contributed by atoms with van der Waals surface area (Å²) in [4.78, 5) is 12.5. The van der Waals surface area contributed by atoms with E-state index in [-0.39, 0.29) is 12.5 Å². The molecule has 1 aromatic rings. The highest BCUT2D eigenvalue weighted by atomic mass is 16.3. The average molecular weight is 291 g/mol. The third-order valence-electron chi connectivity index (χ3n) is 4.70. The van der Waals surface area contributed by atoms with E-state index in [0.717, 1.165) is 29.5 Å². The highest BCUT2D eigenvalue weighted by molar-refractivity contribution is 5.98. The third-order valence-corrected chi connectivity index (χ3v) is 4.70. The lowest BCUT2D eigenvalue weighted by Gasteiger charge is -2.18. The van der Waals surface area contributed by atoms with E-state index in [9.17, 15) is 4.79 Å². The van der Waals surface area contributed by atoms with Crippen molar-refractivity contribution in [2.75, 3.05) is 13.2 Å². The fraction of sp³-hybridized carbons (Fsp3) is 0.611. The second-order valence-electron chi connectivity index (χ2n) is 6.19. The van der Waals surface area contributed by atoms with Gasteiger partial charge in [-0.15, -0.1) is 0 Å². The zero-order valence-electron chi connectivity index (χ0n) is 14.3. The van der Waals surface area contributed by atoms with Gasteiger partial charge >= 0.3 is 0 Å². The molecule has 0 aliphatic rings. The van der Waals surface area contributed by atoms with Crippen LogP contribution in [0.5, 0.6) is 0 Å². The summed E-state index contributed by atoms with van der Waals surface area (Å²) in [5.41, 5.74) is 6.67. The summed E-state index contributed by atoms with van der Waals surface area (Å²) in [6.45, 7) is 13.2. The molecule has 3 heteroatoms. The van der Waals surface area contributed by atoms with Gasteiger partial charge in [-0.05, 0) is 81.2 Å². The number of hydrogen-bond acceptors (Lipinski definition) is 2. The van der Waals surface area contributed by atoms with Crippen LogP contribution in [-0.4, -0.2) is 24.2 Å². The molecule has 0 radical (unpaired) electrons. The van der Waals surface area contributed by atoms with Crippen molar-refractivity contribution in [1.29, 1.82) is 0 Å². The molecule has 1 unspecified atom stereocenters. The Balaban J connectivity index is 2.80. The number of aliphatic hydroxyl groups is 1. The van der Waals surface area contributed by atoms with Crippen LogP contribution in [0.15, 0.2) is 0 Å². The van der Waals surface area contributed by atoms with Gasteiger partial charge in [0.25, 0.3) is 5.91 Å². The normalized spacial score (nSPS) is 12.3. The molecule has 0 aliphatic heterocycles. The van der Waals surface area contributed by atoms with Crippen molar-refractivity contribution < 1.29 is 9.90 Å². The van der Waals surface area contributed by atoms with Gasteiger partial charge in [0.2, 0.25) is 0 Å². The van der Waals surface area contributed by atoms with Crippen molar-refractivity contribution in [3.8, 4) is 0 Å². The molecule has 1 amide bonds. The van der Waals surface area contributed by atoms with Crippen LogP contribution in [-0.2, 0) is 0 Å². The largest absolute Gasteiger partial charge is 0.396 e. The highest BCUT2D eigenvalue weighted by Gasteiger charge is 2.17. The molecule has 1 aromatic carbocycles. The Kier molecular flexibility index (Phi) is 6.41. The van der Waals surface area contributed by atoms with E-state index in [1.807, 2.05) is 20.8 Å². The number of nitrogens with one attached hydrogen (secondary N) is 1. The van der Waals surface area contributed by atoms with Gasteiger partial charge in [0.15, 0.2) is 0 Å². The first kappa shape index (κ1) is 17.7. The number of carbonyl (C=O) groups is 1. The van der Waals surface area contributed by atoms with Crippen molar-refractivity contribution in [3.63, 3.8) is 0 Å². The van der Waals surface area contributed by atoms with Gasteiger partial charge in [-0.2, -0.15) is 0 Å². The lowest BCUT2D eigenvalue weighted by molar-refractivity contribution is 0.0950. The first-order valence-electron chi connectivity index (χ1n) is 7.77. The van der Waals surface area contributed by atoms with Crippen LogP contribution in [0.1, 0.15) is 57.9 Å². The number of benzene rings is 1. The summed E-state index contributed by atoms with van der Waals surface area (Å²) in [6.07, 6.45) is 1.83. The van der Waals surface area contributed by atoms with Gasteiger partial charge in [-0.25, -0.2) is 0 Å². The molecule has 3 nitrogen and oxygen atoms in total. The summed E-state index contributed by atoms with van der Waals surface area (Å²) in [6, 6.07) is 0. The van der Waals surface area contributed by atoms with E-state index in [4.69, 9.17) is 5.11 Å². The molecule has 0 saturated heterocycles. The Morgan fingerprint density at radius 2 is 1.48 bits per heavy atom. The molecule has 1 rings (SSSR count). The molecule has 21 heavy (non-hydrogen) atoms. The summed E-state index contributed by atoms with van der Waals surface area (Å²) in [7, 11) is 0. The fourth-order valence-corrected chi connectivity index (χ4v) is 2.67. The molecule has 0 heterocycles. The smallest absolute Gasteiger partial charge is 0.251 e. The Hall–Kier alpha value is -1.35. The minimum atomic E-state index is 0.0212. The molecule has 0 bridgehead atoms. The molecular weight excluding hydrogens is 262 g/mol. The minimum absolute atomic E-state index is 0.0212. The summed E-state index contributed by atoms with van der Waals surface area (Å²) in [5.74, 6) is 0.321.